The molecule has 6 heteroatoms. The molecule has 6 nitrogen and oxygen atoms in total. The van der Waals surface area contributed by atoms with Crippen molar-refractivity contribution in [2.24, 2.45) is 0 Å². The number of nitrogens with zero attached hydrogens (tertiary/aromatic N) is 1. The number of aromatic hydroxyl groups is 1. The highest BCUT2D eigenvalue weighted by Gasteiger charge is 2.15. The molecule has 0 aliphatic rings. The summed E-state index contributed by atoms with van der Waals surface area (Å²) in [6.45, 7) is 1.53. The number of methoxy groups -OCH3 is 1. The number of ether oxygens (including phenoxy) is 1. The summed E-state index contributed by atoms with van der Waals surface area (Å²) in [5.74, 6) is 1.66. The van der Waals surface area contributed by atoms with E-state index in [4.69, 9.17) is 9.15 Å². The summed E-state index contributed by atoms with van der Waals surface area (Å²) in [4.78, 5) is 14.4. The Morgan fingerprint density at radius 1 is 1.07 bits per heavy atom. The smallest absolute Gasteiger partial charge is 0.234 e. The predicted octanol–water partition coefficient (Wildman–Crippen LogP) is 3.31. The molecule has 1 amide bonds. The molecular weight excluding hydrogens is 356 g/mol. The minimum Gasteiger partial charge on any atom is -0.508 e. The van der Waals surface area contributed by atoms with E-state index in [1.165, 1.54) is 0 Å². The van der Waals surface area contributed by atoms with E-state index in [0.29, 0.717) is 19.6 Å². The second-order valence-electron chi connectivity index (χ2n) is 6.48. The van der Waals surface area contributed by atoms with Crippen LogP contribution in [0.4, 0.5) is 0 Å². The van der Waals surface area contributed by atoms with Crippen LogP contribution in [0.3, 0.4) is 0 Å². The maximum atomic E-state index is 12.5. The highest BCUT2D eigenvalue weighted by atomic mass is 16.5. The first-order valence-electron chi connectivity index (χ1n) is 9.05. The van der Waals surface area contributed by atoms with E-state index < -0.39 is 0 Å². The van der Waals surface area contributed by atoms with Gasteiger partial charge in [0.1, 0.15) is 17.3 Å². The molecule has 0 aliphatic carbocycles. The summed E-state index contributed by atoms with van der Waals surface area (Å²) < 4.78 is 10.6. The molecule has 1 aromatic heterocycles. The lowest BCUT2D eigenvalue weighted by Gasteiger charge is -2.21. The zero-order chi connectivity index (χ0) is 19.8. The lowest BCUT2D eigenvalue weighted by atomic mass is 10.2. The Kier molecular flexibility index (Phi) is 6.70. The summed E-state index contributed by atoms with van der Waals surface area (Å²) in [6.07, 6.45) is 1.61. The van der Waals surface area contributed by atoms with E-state index in [2.05, 4.69) is 5.32 Å². The van der Waals surface area contributed by atoms with Crippen LogP contribution in [-0.4, -0.2) is 29.6 Å². The topological polar surface area (TPSA) is 74.9 Å². The molecule has 2 N–H and O–H groups in total. The van der Waals surface area contributed by atoms with Crippen LogP contribution >= 0.6 is 0 Å². The number of amides is 1. The van der Waals surface area contributed by atoms with E-state index in [0.717, 1.165) is 22.6 Å². The van der Waals surface area contributed by atoms with E-state index in [1.807, 2.05) is 53.4 Å². The third-order valence-electron chi connectivity index (χ3n) is 4.36. The molecule has 3 aromatic rings. The molecule has 28 heavy (non-hydrogen) atoms. The maximum absolute atomic E-state index is 12.5. The molecule has 0 saturated heterocycles. The minimum atomic E-state index is -0.0993. The van der Waals surface area contributed by atoms with Crippen LogP contribution in [0.15, 0.2) is 71.3 Å². The third-order valence-corrected chi connectivity index (χ3v) is 4.36. The van der Waals surface area contributed by atoms with Crippen molar-refractivity contribution in [3.05, 3.63) is 83.8 Å². The number of furan rings is 1. The van der Waals surface area contributed by atoms with Gasteiger partial charge in [0.2, 0.25) is 5.91 Å². The number of carbonyl (C=O) groups excluding carboxylic acids is 1. The van der Waals surface area contributed by atoms with Crippen molar-refractivity contribution < 1.29 is 19.1 Å². The van der Waals surface area contributed by atoms with Crippen LogP contribution in [0.25, 0.3) is 0 Å². The standard InChI is InChI=1S/C22H24N2O4/c1-27-19-10-8-17(9-11-19)13-23-22(26)16-24(15-20-6-4-12-28-20)14-18-5-2-3-7-21(18)25/h2-12,25H,13-16H2,1H3,(H,23,26). The normalized spacial score (nSPS) is 10.8. The van der Waals surface area contributed by atoms with Gasteiger partial charge in [-0.2, -0.15) is 0 Å². The maximum Gasteiger partial charge on any atom is 0.234 e. The van der Waals surface area contributed by atoms with Crippen LogP contribution in [0.1, 0.15) is 16.9 Å². The number of rotatable bonds is 9. The van der Waals surface area contributed by atoms with Crippen LogP contribution in [0.5, 0.6) is 11.5 Å². The fourth-order valence-electron chi connectivity index (χ4n) is 2.88. The molecule has 0 atom stereocenters. The second-order valence-corrected chi connectivity index (χ2v) is 6.48. The molecule has 0 spiro atoms. The quantitative estimate of drug-likeness (QED) is 0.596. The highest BCUT2D eigenvalue weighted by molar-refractivity contribution is 5.78. The molecule has 0 radical (unpaired) electrons. The van der Waals surface area contributed by atoms with Crippen LogP contribution in [0.2, 0.25) is 0 Å². The van der Waals surface area contributed by atoms with Crippen molar-refractivity contribution >= 4 is 5.91 Å². The first-order chi connectivity index (χ1) is 13.6. The van der Waals surface area contributed by atoms with Crippen LogP contribution in [0, 0.1) is 0 Å². The largest absolute Gasteiger partial charge is 0.508 e. The number of nitrogens with one attached hydrogen (secondary N) is 1. The second kappa shape index (κ2) is 9.62. The Balaban J connectivity index is 1.60. The molecule has 3 rings (SSSR count). The monoisotopic (exact) mass is 380 g/mol. The zero-order valence-electron chi connectivity index (χ0n) is 15.8. The molecule has 0 saturated carbocycles. The molecule has 0 aliphatic heterocycles. The van der Waals surface area contributed by atoms with Gasteiger partial charge in [-0.25, -0.2) is 0 Å². The van der Waals surface area contributed by atoms with Crippen molar-refractivity contribution in [2.75, 3.05) is 13.7 Å². The molecule has 1 heterocycles. The number of hydrogen-bond acceptors (Lipinski definition) is 5. The van der Waals surface area contributed by atoms with Gasteiger partial charge in [-0.15, -0.1) is 0 Å². The Morgan fingerprint density at radius 2 is 1.86 bits per heavy atom. The fraction of sp³-hybridized carbons (Fsp3) is 0.227. The van der Waals surface area contributed by atoms with Gasteiger partial charge in [0, 0.05) is 18.7 Å². The highest BCUT2D eigenvalue weighted by Crippen LogP contribution is 2.19. The van der Waals surface area contributed by atoms with Gasteiger partial charge in [-0.3, -0.25) is 9.69 Å². The molecule has 0 unspecified atom stereocenters. The number of carbonyl (C=O) groups is 1. The molecular formula is C22H24N2O4. The van der Waals surface area contributed by atoms with Crippen LogP contribution in [-0.2, 0) is 24.4 Å². The molecule has 0 bridgehead atoms. The average Bonchev–Trinajstić information content (AvgIpc) is 3.21. The lowest BCUT2D eigenvalue weighted by molar-refractivity contribution is -0.122. The van der Waals surface area contributed by atoms with Crippen LogP contribution < -0.4 is 10.1 Å². The SMILES string of the molecule is COc1ccc(CNC(=O)CN(Cc2ccco2)Cc2ccccc2O)cc1. The van der Waals surface area contributed by atoms with Crippen molar-refractivity contribution in [2.45, 2.75) is 19.6 Å². The molecule has 146 valence electrons. The Hall–Kier alpha value is -3.25. The Labute approximate surface area is 164 Å². The van der Waals surface area contributed by atoms with Gasteiger partial charge in [0.15, 0.2) is 0 Å². The summed E-state index contributed by atoms with van der Waals surface area (Å²) in [6, 6.07) is 18.4. The van der Waals surface area contributed by atoms with E-state index in [-0.39, 0.29) is 18.2 Å². The number of para-hydroxylation sites is 1. The molecule has 2 aromatic carbocycles. The van der Waals surface area contributed by atoms with Gasteiger partial charge < -0.3 is 19.6 Å². The Bertz CT molecular complexity index is 876. The minimum absolute atomic E-state index is 0.0993. The predicted molar refractivity (Wildman–Crippen MR) is 106 cm³/mol. The average molecular weight is 380 g/mol. The number of phenolic OH excluding ortho intramolecular Hbond substituents is 1. The Morgan fingerprint density at radius 3 is 2.54 bits per heavy atom. The first-order valence-corrected chi connectivity index (χ1v) is 9.05. The van der Waals surface area contributed by atoms with Crippen molar-refractivity contribution in [1.29, 1.82) is 0 Å². The van der Waals surface area contributed by atoms with Gasteiger partial charge in [-0.1, -0.05) is 30.3 Å². The van der Waals surface area contributed by atoms with Gasteiger partial charge in [-0.05, 0) is 35.9 Å². The number of phenols is 1. The van der Waals surface area contributed by atoms with Crippen molar-refractivity contribution in [3.8, 4) is 11.5 Å². The van der Waals surface area contributed by atoms with E-state index in [9.17, 15) is 9.90 Å². The van der Waals surface area contributed by atoms with Crippen molar-refractivity contribution in [1.82, 2.24) is 10.2 Å². The fourth-order valence-corrected chi connectivity index (χ4v) is 2.88. The molecule has 0 fully saturated rings. The van der Waals surface area contributed by atoms with Gasteiger partial charge in [0.25, 0.3) is 0 Å². The van der Waals surface area contributed by atoms with Gasteiger partial charge >= 0.3 is 0 Å². The van der Waals surface area contributed by atoms with Gasteiger partial charge in [0.05, 0.1) is 26.5 Å². The summed E-state index contributed by atoms with van der Waals surface area (Å²) in [7, 11) is 1.62. The lowest BCUT2D eigenvalue weighted by Crippen LogP contribution is -2.36. The van der Waals surface area contributed by atoms with E-state index in [1.54, 1.807) is 25.5 Å². The van der Waals surface area contributed by atoms with E-state index >= 15 is 0 Å². The van der Waals surface area contributed by atoms with Crippen molar-refractivity contribution in [3.63, 3.8) is 0 Å². The first kappa shape index (κ1) is 19.5. The third kappa shape index (κ3) is 5.62. The number of hydrogen-bond donors (Lipinski definition) is 2. The zero-order valence-corrected chi connectivity index (χ0v) is 15.8. The summed E-state index contributed by atoms with van der Waals surface area (Å²) in [5, 5.41) is 13.0. The number of benzene rings is 2. The summed E-state index contributed by atoms with van der Waals surface area (Å²) in [5.41, 5.74) is 1.75. The summed E-state index contributed by atoms with van der Waals surface area (Å²) >= 11 is 0.